The minimum atomic E-state index is 0.193. The van der Waals surface area contributed by atoms with Gasteiger partial charge in [0.1, 0.15) is 17.6 Å². The summed E-state index contributed by atoms with van der Waals surface area (Å²) in [6, 6.07) is 9.97. The van der Waals surface area contributed by atoms with Gasteiger partial charge in [0.05, 0.1) is 47.1 Å². The summed E-state index contributed by atoms with van der Waals surface area (Å²) in [5, 5.41) is 14.4. The Bertz CT molecular complexity index is 1190. The molecule has 0 bridgehead atoms. The molecular weight excluding hydrogens is 354 g/mol. The van der Waals surface area contributed by atoms with E-state index in [0.717, 1.165) is 52.9 Å². The van der Waals surface area contributed by atoms with Crippen molar-refractivity contribution in [3.63, 3.8) is 0 Å². The third-order valence-corrected chi connectivity index (χ3v) is 5.37. The molecule has 7 heteroatoms. The molecule has 0 N–H and O–H groups in total. The first-order valence-corrected chi connectivity index (χ1v) is 9.43. The zero-order valence-electron chi connectivity index (χ0n) is 15.5. The Balaban J connectivity index is 1.77. The van der Waals surface area contributed by atoms with Crippen molar-refractivity contribution in [2.45, 2.75) is 38.3 Å². The molecule has 2 atom stereocenters. The first-order chi connectivity index (χ1) is 13.7. The first-order valence-electron chi connectivity index (χ1n) is 9.43. The summed E-state index contributed by atoms with van der Waals surface area (Å²) < 4.78 is 13.1. The average Bonchev–Trinajstić information content (AvgIpc) is 3.35. The van der Waals surface area contributed by atoms with Gasteiger partial charge >= 0.3 is 0 Å². The van der Waals surface area contributed by atoms with Crippen LogP contribution in [-0.2, 0) is 11.2 Å². The van der Waals surface area contributed by atoms with Gasteiger partial charge in [0, 0.05) is 24.1 Å². The molecule has 4 aromatic rings. The van der Waals surface area contributed by atoms with Crippen LogP contribution in [0, 0.1) is 11.3 Å². The Morgan fingerprint density at radius 2 is 2.21 bits per heavy atom. The topological polar surface area (TPSA) is 89.8 Å². The number of nitriles is 1. The number of nitrogens with zero attached hydrogens (tertiary/aromatic N) is 5. The summed E-state index contributed by atoms with van der Waals surface area (Å²) in [7, 11) is 0. The van der Waals surface area contributed by atoms with Gasteiger partial charge in [0.15, 0.2) is 0 Å². The summed E-state index contributed by atoms with van der Waals surface area (Å²) in [5.74, 6) is 0.930. The zero-order valence-corrected chi connectivity index (χ0v) is 15.5. The number of hydrogen-bond donors (Lipinski definition) is 0. The number of aromatic nitrogens is 4. The van der Waals surface area contributed by atoms with Gasteiger partial charge in [0.25, 0.3) is 0 Å². The van der Waals surface area contributed by atoms with E-state index in [-0.39, 0.29) is 12.1 Å². The molecule has 7 nitrogen and oxygen atoms in total. The van der Waals surface area contributed by atoms with Crippen LogP contribution in [0.1, 0.15) is 42.9 Å². The summed E-state index contributed by atoms with van der Waals surface area (Å²) in [6.45, 7) is 2.83. The van der Waals surface area contributed by atoms with Crippen molar-refractivity contribution in [3.05, 3.63) is 53.8 Å². The van der Waals surface area contributed by atoms with E-state index in [1.54, 1.807) is 12.3 Å². The van der Waals surface area contributed by atoms with Gasteiger partial charge in [-0.2, -0.15) is 5.26 Å². The normalized spacial score (nSPS) is 19.9. The third-order valence-electron chi connectivity index (χ3n) is 5.37. The maximum Gasteiger partial charge on any atom is 0.124 e. The van der Waals surface area contributed by atoms with Crippen LogP contribution in [0.4, 0.5) is 0 Å². The van der Waals surface area contributed by atoms with E-state index in [9.17, 15) is 5.26 Å². The van der Waals surface area contributed by atoms with Gasteiger partial charge in [-0.3, -0.25) is 4.98 Å². The van der Waals surface area contributed by atoms with E-state index in [1.807, 2.05) is 24.4 Å². The highest BCUT2D eigenvalue weighted by molar-refractivity contribution is 6.02. The van der Waals surface area contributed by atoms with E-state index in [4.69, 9.17) is 14.2 Å². The lowest BCUT2D eigenvalue weighted by molar-refractivity contribution is 0.00630. The van der Waals surface area contributed by atoms with E-state index in [1.165, 1.54) is 0 Å². The average molecular weight is 373 g/mol. The number of hydrogen-bond acceptors (Lipinski definition) is 6. The number of imidazole rings is 1. The Labute approximate surface area is 161 Å². The molecule has 0 spiro atoms. The molecule has 5 rings (SSSR count). The Kier molecular flexibility index (Phi) is 4.06. The minimum absolute atomic E-state index is 0.193. The molecular formula is C21H19N5O2. The third kappa shape index (κ3) is 2.83. The van der Waals surface area contributed by atoms with E-state index < -0.39 is 0 Å². The van der Waals surface area contributed by atoms with Crippen molar-refractivity contribution in [2.24, 2.45) is 0 Å². The van der Waals surface area contributed by atoms with Crippen molar-refractivity contribution in [1.29, 1.82) is 5.26 Å². The van der Waals surface area contributed by atoms with E-state index >= 15 is 0 Å². The van der Waals surface area contributed by atoms with Crippen LogP contribution in [0.5, 0.6) is 0 Å². The van der Waals surface area contributed by atoms with Crippen molar-refractivity contribution in [2.75, 3.05) is 6.61 Å². The minimum Gasteiger partial charge on any atom is -0.378 e. The molecule has 0 aliphatic carbocycles. The van der Waals surface area contributed by atoms with Crippen molar-refractivity contribution < 1.29 is 9.26 Å². The molecule has 0 saturated carbocycles. The quantitative estimate of drug-likeness (QED) is 0.543. The molecule has 28 heavy (non-hydrogen) atoms. The van der Waals surface area contributed by atoms with Crippen molar-refractivity contribution in [3.8, 4) is 6.07 Å². The summed E-state index contributed by atoms with van der Waals surface area (Å²) in [5.41, 5.74) is 4.18. The Morgan fingerprint density at radius 3 is 3.00 bits per heavy atom. The number of pyridine rings is 1. The smallest absolute Gasteiger partial charge is 0.124 e. The highest BCUT2D eigenvalue weighted by Gasteiger charge is 2.26. The highest BCUT2D eigenvalue weighted by atomic mass is 16.5. The lowest BCUT2D eigenvalue weighted by atomic mass is 10.0. The van der Waals surface area contributed by atoms with Crippen LogP contribution in [0.3, 0.4) is 0 Å². The van der Waals surface area contributed by atoms with Crippen LogP contribution in [0.15, 0.2) is 41.2 Å². The standard InChI is InChI=1S/C21H19N5O2/c1-13-8-16(5-6-27-13)26-20(10-15-4-7-28-25-15)24-19-12-23-18-3-2-14(11-22)9-17(18)21(19)26/h2-4,7,9,12-13,16H,5-6,8,10H2,1H3/t13-,16?/m0/s1. The molecule has 1 fully saturated rings. The second kappa shape index (κ2) is 6.73. The van der Waals surface area contributed by atoms with Gasteiger partial charge in [-0.25, -0.2) is 4.98 Å². The molecule has 1 aliphatic rings. The number of rotatable bonds is 3. The fraction of sp³-hybridized carbons (Fsp3) is 0.333. The Morgan fingerprint density at radius 1 is 1.29 bits per heavy atom. The first kappa shape index (κ1) is 16.9. The maximum absolute atomic E-state index is 9.37. The lowest BCUT2D eigenvalue weighted by Gasteiger charge is -2.30. The summed E-state index contributed by atoms with van der Waals surface area (Å²) >= 11 is 0. The predicted octanol–water partition coefficient (Wildman–Crippen LogP) is 3.77. The molecule has 4 heterocycles. The largest absolute Gasteiger partial charge is 0.378 e. The molecule has 1 unspecified atom stereocenters. The molecule has 0 radical (unpaired) electrons. The lowest BCUT2D eigenvalue weighted by Crippen LogP contribution is -2.26. The van der Waals surface area contributed by atoms with Crippen molar-refractivity contribution >= 4 is 21.9 Å². The summed E-state index contributed by atoms with van der Waals surface area (Å²) in [4.78, 5) is 9.44. The number of benzene rings is 1. The number of ether oxygens (including phenoxy) is 1. The molecule has 140 valence electrons. The Hall–Kier alpha value is -3.24. The predicted molar refractivity (Wildman–Crippen MR) is 103 cm³/mol. The van der Waals surface area contributed by atoms with Gasteiger partial charge in [-0.05, 0) is 38.0 Å². The monoisotopic (exact) mass is 373 g/mol. The second-order valence-electron chi connectivity index (χ2n) is 7.26. The molecule has 3 aromatic heterocycles. The fourth-order valence-electron chi connectivity index (χ4n) is 4.11. The molecule has 0 amide bonds. The van der Waals surface area contributed by atoms with Crippen LogP contribution in [-0.4, -0.2) is 32.4 Å². The molecule has 1 aliphatic heterocycles. The van der Waals surface area contributed by atoms with Crippen molar-refractivity contribution in [1.82, 2.24) is 19.7 Å². The van der Waals surface area contributed by atoms with Crippen LogP contribution >= 0.6 is 0 Å². The molecule has 1 saturated heterocycles. The van der Waals surface area contributed by atoms with Gasteiger partial charge < -0.3 is 13.8 Å². The van der Waals surface area contributed by atoms with Gasteiger partial charge in [-0.15, -0.1) is 0 Å². The van der Waals surface area contributed by atoms with Crippen LogP contribution in [0.2, 0.25) is 0 Å². The highest BCUT2D eigenvalue weighted by Crippen LogP contribution is 2.34. The SMILES string of the molecule is C[C@H]1CC(n2c(Cc3ccon3)nc3cnc4ccc(C#N)cc4c32)CCO1. The second-order valence-corrected chi connectivity index (χ2v) is 7.26. The van der Waals surface area contributed by atoms with E-state index in [2.05, 4.69) is 27.7 Å². The number of fused-ring (bicyclic) bond motifs is 3. The molecule has 1 aromatic carbocycles. The van der Waals surface area contributed by atoms with Gasteiger partial charge in [0.2, 0.25) is 0 Å². The maximum atomic E-state index is 9.37. The fourth-order valence-corrected chi connectivity index (χ4v) is 4.11. The van der Waals surface area contributed by atoms with E-state index in [0.29, 0.717) is 12.0 Å². The zero-order chi connectivity index (χ0) is 19.1. The van der Waals surface area contributed by atoms with Crippen LogP contribution < -0.4 is 0 Å². The summed E-state index contributed by atoms with van der Waals surface area (Å²) in [6.07, 6.45) is 6.00. The van der Waals surface area contributed by atoms with Crippen LogP contribution in [0.25, 0.3) is 21.9 Å². The van der Waals surface area contributed by atoms with Gasteiger partial charge in [-0.1, -0.05) is 5.16 Å².